The molecule has 3 heterocycles. The van der Waals surface area contributed by atoms with Gasteiger partial charge in [0.2, 0.25) is 0 Å². The minimum absolute atomic E-state index is 0.0461. The van der Waals surface area contributed by atoms with Crippen LogP contribution in [0.5, 0.6) is 0 Å². The predicted octanol–water partition coefficient (Wildman–Crippen LogP) is 2.44. The SMILES string of the molecule is O=C(c1ccco1)N1CCN(c2nc(CCl)cs2)CC1. The summed E-state index contributed by atoms with van der Waals surface area (Å²) in [6, 6.07) is 3.43. The molecule has 1 saturated heterocycles. The lowest BCUT2D eigenvalue weighted by Crippen LogP contribution is -2.48. The molecule has 1 fully saturated rings. The van der Waals surface area contributed by atoms with Gasteiger partial charge in [0.25, 0.3) is 5.91 Å². The molecular formula is C13H14ClN3O2S. The van der Waals surface area contributed by atoms with E-state index in [0.717, 1.165) is 23.9 Å². The number of halogens is 1. The van der Waals surface area contributed by atoms with Crippen LogP contribution >= 0.6 is 22.9 Å². The van der Waals surface area contributed by atoms with E-state index in [-0.39, 0.29) is 5.91 Å². The van der Waals surface area contributed by atoms with Crippen molar-refractivity contribution in [1.29, 1.82) is 0 Å². The Hall–Kier alpha value is -1.53. The Labute approximate surface area is 125 Å². The van der Waals surface area contributed by atoms with E-state index in [0.29, 0.717) is 24.7 Å². The largest absolute Gasteiger partial charge is 0.459 e. The second-order valence-corrected chi connectivity index (χ2v) is 5.62. The van der Waals surface area contributed by atoms with Crippen molar-refractivity contribution in [3.05, 3.63) is 35.2 Å². The number of furan rings is 1. The van der Waals surface area contributed by atoms with Crippen LogP contribution in [0.4, 0.5) is 5.13 Å². The molecule has 0 spiro atoms. The Morgan fingerprint density at radius 2 is 2.20 bits per heavy atom. The molecule has 0 bridgehead atoms. The molecule has 1 aliphatic rings. The van der Waals surface area contributed by atoms with Gasteiger partial charge in [-0.2, -0.15) is 0 Å². The smallest absolute Gasteiger partial charge is 0.289 e. The maximum Gasteiger partial charge on any atom is 0.289 e. The number of piperazine rings is 1. The standard InChI is InChI=1S/C13H14ClN3O2S/c14-8-10-9-20-13(15-10)17-5-3-16(4-6-17)12(18)11-2-1-7-19-11/h1-2,7,9H,3-6,8H2. The van der Waals surface area contributed by atoms with Crippen LogP contribution in [0.2, 0.25) is 0 Å². The highest BCUT2D eigenvalue weighted by atomic mass is 35.5. The van der Waals surface area contributed by atoms with Gasteiger partial charge in [-0.25, -0.2) is 4.98 Å². The van der Waals surface area contributed by atoms with Gasteiger partial charge in [0.1, 0.15) is 0 Å². The quantitative estimate of drug-likeness (QED) is 0.817. The Bertz CT molecular complexity index is 576. The van der Waals surface area contributed by atoms with Crippen molar-refractivity contribution in [2.45, 2.75) is 5.88 Å². The molecule has 3 rings (SSSR count). The van der Waals surface area contributed by atoms with Gasteiger partial charge in [-0.3, -0.25) is 4.79 Å². The molecule has 20 heavy (non-hydrogen) atoms. The third kappa shape index (κ3) is 2.66. The molecule has 0 atom stereocenters. The van der Waals surface area contributed by atoms with E-state index in [9.17, 15) is 4.79 Å². The average molecular weight is 312 g/mol. The van der Waals surface area contributed by atoms with Crippen LogP contribution in [-0.2, 0) is 5.88 Å². The first-order chi connectivity index (χ1) is 9.78. The van der Waals surface area contributed by atoms with Crippen molar-refractivity contribution in [1.82, 2.24) is 9.88 Å². The fourth-order valence-electron chi connectivity index (χ4n) is 2.16. The number of hydrogen-bond donors (Lipinski definition) is 0. The van der Waals surface area contributed by atoms with Crippen molar-refractivity contribution in [3.63, 3.8) is 0 Å². The van der Waals surface area contributed by atoms with Gasteiger partial charge in [-0.15, -0.1) is 22.9 Å². The Kier molecular flexibility index (Phi) is 3.93. The number of nitrogens with zero attached hydrogens (tertiary/aromatic N) is 3. The number of anilines is 1. The summed E-state index contributed by atoms with van der Waals surface area (Å²) in [4.78, 5) is 20.6. The maximum atomic E-state index is 12.1. The molecule has 0 radical (unpaired) electrons. The van der Waals surface area contributed by atoms with Crippen LogP contribution in [0.25, 0.3) is 0 Å². The molecule has 0 unspecified atom stereocenters. The van der Waals surface area contributed by atoms with Crippen LogP contribution < -0.4 is 4.90 Å². The molecule has 5 nitrogen and oxygen atoms in total. The van der Waals surface area contributed by atoms with Gasteiger partial charge in [-0.05, 0) is 12.1 Å². The first kappa shape index (κ1) is 13.5. The molecular weight excluding hydrogens is 298 g/mol. The number of carbonyl (C=O) groups excluding carboxylic acids is 1. The first-order valence-corrected chi connectivity index (χ1v) is 7.77. The molecule has 0 N–H and O–H groups in total. The van der Waals surface area contributed by atoms with Crippen LogP contribution in [-0.4, -0.2) is 42.0 Å². The number of hydrogen-bond acceptors (Lipinski definition) is 5. The molecule has 2 aromatic heterocycles. The van der Waals surface area contributed by atoms with E-state index in [2.05, 4.69) is 9.88 Å². The number of alkyl halides is 1. The van der Waals surface area contributed by atoms with E-state index in [1.165, 1.54) is 6.26 Å². The Balaban J connectivity index is 1.60. The summed E-state index contributed by atoms with van der Waals surface area (Å²) in [5, 5.41) is 2.95. The van der Waals surface area contributed by atoms with Crippen LogP contribution in [0.15, 0.2) is 28.2 Å². The summed E-state index contributed by atoms with van der Waals surface area (Å²) in [5.41, 5.74) is 0.903. The summed E-state index contributed by atoms with van der Waals surface area (Å²) >= 11 is 7.36. The normalized spacial score (nSPS) is 15.7. The predicted molar refractivity (Wildman–Crippen MR) is 78.5 cm³/mol. The molecule has 106 valence electrons. The monoisotopic (exact) mass is 311 g/mol. The fourth-order valence-corrected chi connectivity index (χ4v) is 3.27. The van der Waals surface area contributed by atoms with E-state index < -0.39 is 0 Å². The summed E-state index contributed by atoms with van der Waals surface area (Å²) in [7, 11) is 0. The Morgan fingerprint density at radius 3 is 2.80 bits per heavy atom. The van der Waals surface area contributed by atoms with Gasteiger partial charge in [-0.1, -0.05) is 0 Å². The second kappa shape index (κ2) is 5.85. The van der Waals surface area contributed by atoms with Crippen LogP contribution in [0.3, 0.4) is 0 Å². The minimum Gasteiger partial charge on any atom is -0.459 e. The highest BCUT2D eigenvalue weighted by molar-refractivity contribution is 7.13. The molecule has 2 aromatic rings. The van der Waals surface area contributed by atoms with Crippen molar-refractivity contribution < 1.29 is 9.21 Å². The summed E-state index contributed by atoms with van der Waals surface area (Å²) < 4.78 is 5.15. The number of carbonyl (C=O) groups is 1. The van der Waals surface area contributed by atoms with E-state index >= 15 is 0 Å². The van der Waals surface area contributed by atoms with Gasteiger partial charge < -0.3 is 14.2 Å². The van der Waals surface area contributed by atoms with Crippen molar-refractivity contribution in [2.24, 2.45) is 0 Å². The molecule has 0 aliphatic carbocycles. The third-order valence-corrected chi connectivity index (χ3v) is 4.47. The first-order valence-electron chi connectivity index (χ1n) is 6.36. The third-order valence-electron chi connectivity index (χ3n) is 3.25. The zero-order valence-electron chi connectivity index (χ0n) is 10.8. The lowest BCUT2D eigenvalue weighted by atomic mass is 10.3. The lowest BCUT2D eigenvalue weighted by molar-refractivity contribution is 0.0714. The highest BCUT2D eigenvalue weighted by Gasteiger charge is 2.24. The van der Waals surface area contributed by atoms with Crippen LogP contribution in [0.1, 0.15) is 16.2 Å². The molecule has 7 heteroatoms. The summed E-state index contributed by atoms with van der Waals surface area (Å²) in [5.74, 6) is 0.792. The van der Waals surface area contributed by atoms with Crippen molar-refractivity contribution in [3.8, 4) is 0 Å². The lowest BCUT2D eigenvalue weighted by Gasteiger charge is -2.34. The van der Waals surface area contributed by atoms with Gasteiger partial charge in [0.05, 0.1) is 17.8 Å². The summed E-state index contributed by atoms with van der Waals surface area (Å²) in [6.45, 7) is 2.91. The Morgan fingerprint density at radius 1 is 1.40 bits per heavy atom. The zero-order valence-corrected chi connectivity index (χ0v) is 12.4. The molecule has 1 amide bonds. The topological polar surface area (TPSA) is 49.6 Å². The minimum atomic E-state index is -0.0461. The van der Waals surface area contributed by atoms with E-state index in [4.69, 9.17) is 16.0 Å². The molecule has 0 saturated carbocycles. The number of aromatic nitrogens is 1. The molecule has 1 aliphatic heterocycles. The fraction of sp³-hybridized carbons (Fsp3) is 0.385. The zero-order chi connectivity index (χ0) is 13.9. The van der Waals surface area contributed by atoms with E-state index in [1.807, 2.05) is 10.3 Å². The average Bonchev–Trinajstić information content (AvgIpc) is 3.18. The maximum absolute atomic E-state index is 12.1. The van der Waals surface area contributed by atoms with Crippen molar-refractivity contribution >= 4 is 34.0 Å². The van der Waals surface area contributed by atoms with Gasteiger partial charge in [0, 0.05) is 31.6 Å². The highest BCUT2D eigenvalue weighted by Crippen LogP contribution is 2.23. The second-order valence-electron chi connectivity index (χ2n) is 4.51. The van der Waals surface area contributed by atoms with Gasteiger partial charge in [0.15, 0.2) is 10.9 Å². The molecule has 0 aromatic carbocycles. The number of rotatable bonds is 3. The van der Waals surface area contributed by atoms with Gasteiger partial charge >= 0.3 is 0 Å². The summed E-state index contributed by atoms with van der Waals surface area (Å²) in [6.07, 6.45) is 1.52. The number of amides is 1. The van der Waals surface area contributed by atoms with Crippen molar-refractivity contribution in [2.75, 3.05) is 31.1 Å². The van der Waals surface area contributed by atoms with E-state index in [1.54, 1.807) is 23.5 Å². The number of thiazole rings is 1. The van der Waals surface area contributed by atoms with Crippen LogP contribution in [0, 0.1) is 0 Å².